The fourth-order valence-electron chi connectivity index (χ4n) is 2.57. The van der Waals surface area contributed by atoms with E-state index in [2.05, 4.69) is 59.2 Å². The molecule has 0 amide bonds. The third-order valence-electron chi connectivity index (χ3n) is 3.59. The average molecular weight is 352 g/mol. The molecule has 0 spiro atoms. The van der Waals surface area contributed by atoms with Gasteiger partial charge in [-0.2, -0.15) is 5.10 Å². The lowest BCUT2D eigenvalue weighted by molar-refractivity contribution is 0.411. The van der Waals surface area contributed by atoms with Gasteiger partial charge in [0.05, 0.1) is 29.5 Å². The number of ether oxygens (including phenoxy) is 1. The summed E-state index contributed by atoms with van der Waals surface area (Å²) in [5.41, 5.74) is 3.46. The van der Waals surface area contributed by atoms with E-state index in [9.17, 15) is 0 Å². The first kappa shape index (κ1) is 16.0. The van der Waals surface area contributed by atoms with Gasteiger partial charge in [0.1, 0.15) is 5.75 Å². The first-order chi connectivity index (χ1) is 9.99. The van der Waals surface area contributed by atoms with Gasteiger partial charge >= 0.3 is 0 Å². The second kappa shape index (κ2) is 6.62. The molecule has 2 aromatic rings. The minimum atomic E-state index is 0.0777. The molecule has 1 unspecified atom stereocenters. The predicted octanol–water partition coefficient (Wildman–Crippen LogP) is 3.85. The third-order valence-corrected chi connectivity index (χ3v) is 4.20. The molecule has 1 aromatic carbocycles. The summed E-state index contributed by atoms with van der Waals surface area (Å²) in [6.07, 6.45) is 1.86. The van der Waals surface area contributed by atoms with Gasteiger partial charge in [0.2, 0.25) is 0 Å². The van der Waals surface area contributed by atoms with Crippen molar-refractivity contribution in [2.45, 2.75) is 32.9 Å². The normalized spacial score (nSPS) is 12.7. The van der Waals surface area contributed by atoms with Crippen LogP contribution in [0.2, 0.25) is 0 Å². The van der Waals surface area contributed by atoms with E-state index in [0.717, 1.165) is 21.5 Å². The van der Waals surface area contributed by atoms with Crippen molar-refractivity contribution < 1.29 is 4.74 Å². The SMILES string of the molecule is CNC(c1ccc(OC)c(C)c1)c1c(Br)cnn1C(C)C. The standard InChI is InChI=1S/C16H22BrN3O/c1-10(2)20-16(13(17)9-19-20)15(18-4)12-6-7-14(21-5)11(3)8-12/h6-10,15,18H,1-5H3. The predicted molar refractivity (Wildman–Crippen MR) is 88.9 cm³/mol. The Bertz CT molecular complexity index is 622. The molecule has 1 aromatic heterocycles. The van der Waals surface area contributed by atoms with Crippen molar-refractivity contribution in [2.24, 2.45) is 0 Å². The highest BCUT2D eigenvalue weighted by Crippen LogP contribution is 2.32. The zero-order valence-electron chi connectivity index (χ0n) is 13.1. The lowest BCUT2D eigenvalue weighted by Gasteiger charge is -2.22. The average Bonchev–Trinajstić information content (AvgIpc) is 2.82. The maximum atomic E-state index is 5.34. The number of nitrogens with one attached hydrogen (secondary N) is 1. The van der Waals surface area contributed by atoms with Crippen LogP contribution in [0.4, 0.5) is 0 Å². The number of aryl methyl sites for hydroxylation is 1. The largest absolute Gasteiger partial charge is 0.496 e. The van der Waals surface area contributed by atoms with Crippen molar-refractivity contribution in [1.29, 1.82) is 0 Å². The number of rotatable bonds is 5. The summed E-state index contributed by atoms with van der Waals surface area (Å²) >= 11 is 3.62. The summed E-state index contributed by atoms with van der Waals surface area (Å²) in [6, 6.07) is 6.65. The van der Waals surface area contributed by atoms with E-state index >= 15 is 0 Å². The number of halogens is 1. The van der Waals surface area contributed by atoms with E-state index in [0.29, 0.717) is 6.04 Å². The highest BCUT2D eigenvalue weighted by Gasteiger charge is 2.22. The van der Waals surface area contributed by atoms with Gasteiger partial charge in [0.15, 0.2) is 0 Å². The van der Waals surface area contributed by atoms with Crippen molar-refractivity contribution >= 4 is 15.9 Å². The van der Waals surface area contributed by atoms with Crippen molar-refractivity contribution in [3.05, 3.63) is 45.7 Å². The molecule has 5 heteroatoms. The summed E-state index contributed by atoms with van der Waals surface area (Å²) in [7, 11) is 3.66. The fraction of sp³-hybridized carbons (Fsp3) is 0.438. The summed E-state index contributed by atoms with van der Waals surface area (Å²) in [5, 5.41) is 7.86. The molecule has 0 bridgehead atoms. The van der Waals surface area contributed by atoms with E-state index in [1.54, 1.807) is 7.11 Å². The minimum absolute atomic E-state index is 0.0777. The Kier molecular flexibility index (Phi) is 5.06. The van der Waals surface area contributed by atoms with E-state index in [1.165, 1.54) is 5.56 Å². The molecule has 1 atom stereocenters. The molecule has 1 N–H and O–H groups in total. The van der Waals surface area contributed by atoms with Crippen molar-refractivity contribution in [3.63, 3.8) is 0 Å². The number of methoxy groups -OCH3 is 1. The topological polar surface area (TPSA) is 39.1 Å². The van der Waals surface area contributed by atoms with Gasteiger partial charge in [0.25, 0.3) is 0 Å². The smallest absolute Gasteiger partial charge is 0.121 e. The Balaban J connectivity index is 2.49. The van der Waals surface area contributed by atoms with Crippen LogP contribution >= 0.6 is 15.9 Å². The molecule has 2 rings (SSSR count). The van der Waals surface area contributed by atoms with Crippen LogP contribution in [0.5, 0.6) is 5.75 Å². The van der Waals surface area contributed by atoms with Gasteiger partial charge in [-0.15, -0.1) is 0 Å². The summed E-state index contributed by atoms with van der Waals surface area (Å²) in [6.45, 7) is 6.33. The molecule has 114 valence electrons. The van der Waals surface area contributed by atoms with Gasteiger partial charge in [-0.25, -0.2) is 0 Å². The van der Waals surface area contributed by atoms with E-state index < -0.39 is 0 Å². The number of nitrogens with zero attached hydrogens (tertiary/aromatic N) is 2. The third kappa shape index (κ3) is 3.14. The van der Waals surface area contributed by atoms with Crippen molar-refractivity contribution in [3.8, 4) is 5.75 Å². The van der Waals surface area contributed by atoms with Crippen molar-refractivity contribution in [2.75, 3.05) is 14.2 Å². The lowest BCUT2D eigenvalue weighted by Crippen LogP contribution is -2.23. The van der Waals surface area contributed by atoms with Crippen LogP contribution < -0.4 is 10.1 Å². The molecular formula is C16H22BrN3O. The fourth-order valence-corrected chi connectivity index (χ4v) is 3.08. The number of benzene rings is 1. The van der Waals surface area contributed by atoms with Gasteiger partial charge in [-0.1, -0.05) is 12.1 Å². The molecule has 0 saturated heterocycles. The lowest BCUT2D eigenvalue weighted by atomic mass is 10.0. The highest BCUT2D eigenvalue weighted by molar-refractivity contribution is 9.10. The van der Waals surface area contributed by atoms with Crippen LogP contribution in [-0.2, 0) is 0 Å². The zero-order valence-corrected chi connectivity index (χ0v) is 14.7. The van der Waals surface area contributed by atoms with Crippen LogP contribution in [0, 0.1) is 6.92 Å². The van der Waals surface area contributed by atoms with E-state index in [4.69, 9.17) is 4.74 Å². The Morgan fingerprint density at radius 2 is 2.05 bits per heavy atom. The van der Waals surface area contributed by atoms with Gasteiger partial charge in [0, 0.05) is 6.04 Å². The molecule has 0 aliphatic rings. The molecule has 0 aliphatic heterocycles. The van der Waals surface area contributed by atoms with Crippen LogP contribution in [-0.4, -0.2) is 23.9 Å². The molecular weight excluding hydrogens is 330 g/mol. The Morgan fingerprint density at radius 1 is 1.33 bits per heavy atom. The van der Waals surface area contributed by atoms with Gasteiger partial charge in [-0.3, -0.25) is 4.68 Å². The van der Waals surface area contributed by atoms with E-state index in [1.807, 2.05) is 24.0 Å². The molecule has 21 heavy (non-hydrogen) atoms. The highest BCUT2D eigenvalue weighted by atomic mass is 79.9. The van der Waals surface area contributed by atoms with Gasteiger partial charge in [-0.05, 0) is 60.9 Å². The molecule has 0 aliphatic carbocycles. The number of hydrogen-bond donors (Lipinski definition) is 1. The van der Waals surface area contributed by atoms with Crippen LogP contribution in [0.25, 0.3) is 0 Å². The first-order valence-corrected chi connectivity index (χ1v) is 7.83. The summed E-state index contributed by atoms with van der Waals surface area (Å²) < 4.78 is 8.41. The van der Waals surface area contributed by atoms with Crippen molar-refractivity contribution in [1.82, 2.24) is 15.1 Å². The maximum Gasteiger partial charge on any atom is 0.121 e. The molecule has 4 nitrogen and oxygen atoms in total. The molecule has 0 fully saturated rings. The second-order valence-electron chi connectivity index (χ2n) is 5.37. The Morgan fingerprint density at radius 3 is 2.57 bits per heavy atom. The Hall–Kier alpha value is -1.33. The summed E-state index contributed by atoms with van der Waals surface area (Å²) in [4.78, 5) is 0. The first-order valence-electron chi connectivity index (χ1n) is 7.04. The van der Waals surface area contributed by atoms with E-state index in [-0.39, 0.29) is 6.04 Å². The molecule has 0 radical (unpaired) electrons. The maximum absolute atomic E-state index is 5.34. The molecule has 1 heterocycles. The van der Waals surface area contributed by atoms with Crippen LogP contribution in [0.3, 0.4) is 0 Å². The van der Waals surface area contributed by atoms with Crippen LogP contribution in [0.15, 0.2) is 28.9 Å². The second-order valence-corrected chi connectivity index (χ2v) is 6.22. The zero-order chi connectivity index (χ0) is 15.6. The Labute approximate surface area is 134 Å². The number of hydrogen-bond acceptors (Lipinski definition) is 3. The minimum Gasteiger partial charge on any atom is -0.496 e. The summed E-state index contributed by atoms with van der Waals surface area (Å²) in [5.74, 6) is 0.907. The monoisotopic (exact) mass is 351 g/mol. The van der Waals surface area contributed by atoms with Crippen LogP contribution in [0.1, 0.15) is 42.8 Å². The molecule has 0 saturated carbocycles. The van der Waals surface area contributed by atoms with Gasteiger partial charge < -0.3 is 10.1 Å². The number of aromatic nitrogens is 2. The quantitative estimate of drug-likeness (QED) is 0.888.